The van der Waals surface area contributed by atoms with Crippen LogP contribution < -0.4 is 9.88 Å². The molecule has 1 aromatic heterocycles. The van der Waals surface area contributed by atoms with Crippen molar-refractivity contribution in [1.29, 1.82) is 0 Å². The smallest absolute Gasteiger partial charge is 0.251 e. The number of benzene rings is 1. The van der Waals surface area contributed by atoms with E-state index in [-0.39, 0.29) is 9.96 Å². The molecule has 2 rings (SSSR count). The fraction of sp³-hybridized carbons (Fsp3) is 0. The summed E-state index contributed by atoms with van der Waals surface area (Å²) in [6.45, 7) is 0. The maximum Gasteiger partial charge on any atom is 0.251 e. The molecule has 0 radical (unpaired) electrons. The van der Waals surface area contributed by atoms with Crippen LogP contribution in [0.15, 0.2) is 46.0 Å². The molecule has 0 aliphatic rings. The monoisotopic (exact) mass is 255 g/mol. The highest BCUT2D eigenvalue weighted by molar-refractivity contribution is 7.91. The number of primary sulfonamides is 1. The summed E-state index contributed by atoms with van der Waals surface area (Å²) < 4.78 is 27.9. The zero-order valence-electron chi connectivity index (χ0n) is 8.16. The number of para-hydroxylation sites is 1. The van der Waals surface area contributed by atoms with Gasteiger partial charge in [-0.2, -0.15) is 0 Å². The molecule has 16 heavy (non-hydrogen) atoms. The van der Waals surface area contributed by atoms with Gasteiger partial charge >= 0.3 is 0 Å². The molecule has 2 aromatic rings. The summed E-state index contributed by atoms with van der Waals surface area (Å²) in [4.78, 5) is 0. The Labute approximate surface area is 97.3 Å². The molecule has 0 bridgehead atoms. The zero-order valence-corrected chi connectivity index (χ0v) is 9.79. The molecule has 84 valence electrons. The molecule has 6 heteroatoms. The van der Waals surface area contributed by atoms with Gasteiger partial charge in [-0.1, -0.05) is 18.2 Å². The fourth-order valence-corrected chi connectivity index (χ4v) is 2.82. The lowest BCUT2D eigenvalue weighted by atomic mass is 10.3. The first kappa shape index (κ1) is 11.1. The maximum absolute atomic E-state index is 11.2. The molecule has 1 aromatic carbocycles. The van der Waals surface area contributed by atoms with Crippen LogP contribution in [0.4, 0.5) is 0 Å². The van der Waals surface area contributed by atoms with Crippen molar-refractivity contribution in [2.75, 3.05) is 0 Å². The summed E-state index contributed by atoms with van der Waals surface area (Å²) in [6, 6.07) is 10.5. The van der Waals surface area contributed by atoms with Crippen molar-refractivity contribution in [3.63, 3.8) is 0 Å². The first-order valence-corrected chi connectivity index (χ1v) is 6.83. The summed E-state index contributed by atoms with van der Waals surface area (Å²) in [5.41, 5.74) is 0. The van der Waals surface area contributed by atoms with Crippen molar-refractivity contribution in [2.45, 2.75) is 4.21 Å². The molecule has 0 aliphatic heterocycles. The van der Waals surface area contributed by atoms with Crippen molar-refractivity contribution in [3.8, 4) is 11.5 Å². The molecule has 0 unspecified atom stereocenters. The number of thiophene rings is 1. The zero-order chi connectivity index (χ0) is 11.6. The molecule has 0 amide bonds. The second-order valence-electron chi connectivity index (χ2n) is 3.03. The minimum Gasteiger partial charge on any atom is -0.455 e. The largest absolute Gasteiger partial charge is 0.455 e. The van der Waals surface area contributed by atoms with Gasteiger partial charge in [-0.05, 0) is 23.6 Å². The van der Waals surface area contributed by atoms with Crippen molar-refractivity contribution in [1.82, 2.24) is 0 Å². The average Bonchev–Trinajstić information content (AvgIpc) is 2.67. The third-order valence-corrected chi connectivity index (χ3v) is 4.22. The van der Waals surface area contributed by atoms with Gasteiger partial charge in [0.1, 0.15) is 5.75 Å². The maximum atomic E-state index is 11.2. The van der Waals surface area contributed by atoms with Crippen LogP contribution in [-0.4, -0.2) is 8.42 Å². The summed E-state index contributed by atoms with van der Waals surface area (Å²) >= 11 is 1.04. The quantitative estimate of drug-likeness (QED) is 0.914. The topological polar surface area (TPSA) is 69.4 Å². The van der Waals surface area contributed by atoms with Crippen LogP contribution in [0.1, 0.15) is 0 Å². The van der Waals surface area contributed by atoms with Gasteiger partial charge in [0.15, 0.2) is 9.96 Å². The predicted octanol–water partition coefficient (Wildman–Crippen LogP) is 2.19. The summed E-state index contributed by atoms with van der Waals surface area (Å²) in [7, 11) is -3.72. The number of ether oxygens (including phenoxy) is 1. The highest BCUT2D eigenvalue weighted by Gasteiger charge is 2.17. The van der Waals surface area contributed by atoms with E-state index < -0.39 is 10.0 Å². The Bertz CT molecular complexity index is 575. The molecule has 0 saturated carbocycles. The number of rotatable bonds is 3. The van der Waals surface area contributed by atoms with Crippen LogP contribution in [0.5, 0.6) is 11.5 Å². The Morgan fingerprint density at radius 1 is 1.12 bits per heavy atom. The summed E-state index contributed by atoms with van der Waals surface area (Å²) in [6.07, 6.45) is 0. The molecule has 0 atom stereocenters. The van der Waals surface area contributed by atoms with Gasteiger partial charge in [0.25, 0.3) is 10.0 Å². The van der Waals surface area contributed by atoms with E-state index in [0.717, 1.165) is 11.3 Å². The van der Waals surface area contributed by atoms with Crippen molar-refractivity contribution in [2.24, 2.45) is 5.14 Å². The van der Waals surface area contributed by atoms with Crippen molar-refractivity contribution in [3.05, 3.63) is 41.8 Å². The first-order valence-electron chi connectivity index (χ1n) is 4.40. The van der Waals surface area contributed by atoms with Gasteiger partial charge in [0.05, 0.1) is 0 Å². The lowest BCUT2D eigenvalue weighted by Gasteiger charge is -2.04. The van der Waals surface area contributed by atoms with E-state index in [2.05, 4.69) is 0 Å². The Hall–Kier alpha value is -1.37. The van der Waals surface area contributed by atoms with E-state index in [1.807, 2.05) is 6.07 Å². The molecule has 4 nitrogen and oxygen atoms in total. The number of sulfonamides is 1. The number of nitrogens with two attached hydrogens (primary N) is 1. The van der Waals surface area contributed by atoms with Gasteiger partial charge in [-0.25, -0.2) is 13.6 Å². The van der Waals surface area contributed by atoms with E-state index >= 15 is 0 Å². The number of hydrogen-bond acceptors (Lipinski definition) is 4. The summed E-state index contributed by atoms with van der Waals surface area (Å²) in [5, 5.41) is 6.68. The van der Waals surface area contributed by atoms with Crippen LogP contribution in [-0.2, 0) is 10.0 Å². The predicted molar refractivity (Wildman–Crippen MR) is 62.2 cm³/mol. The molecule has 0 spiro atoms. The highest BCUT2D eigenvalue weighted by atomic mass is 32.2. The molecule has 0 fully saturated rings. The van der Waals surface area contributed by atoms with E-state index in [9.17, 15) is 8.42 Å². The molecular weight excluding hydrogens is 246 g/mol. The van der Waals surface area contributed by atoms with Crippen LogP contribution in [0.25, 0.3) is 0 Å². The molecule has 0 saturated heterocycles. The SMILES string of the molecule is NS(=O)(=O)c1sccc1Oc1ccccc1. The normalized spacial score (nSPS) is 11.3. The lowest BCUT2D eigenvalue weighted by molar-refractivity contribution is 0.472. The van der Waals surface area contributed by atoms with E-state index in [4.69, 9.17) is 9.88 Å². The highest BCUT2D eigenvalue weighted by Crippen LogP contribution is 2.32. The van der Waals surface area contributed by atoms with Crippen LogP contribution in [0.2, 0.25) is 0 Å². The molecule has 1 heterocycles. The van der Waals surface area contributed by atoms with E-state index in [1.54, 1.807) is 35.7 Å². The third-order valence-electron chi connectivity index (χ3n) is 1.83. The fourth-order valence-electron chi connectivity index (χ4n) is 1.18. The van der Waals surface area contributed by atoms with Gasteiger partial charge in [-0.3, -0.25) is 0 Å². The third kappa shape index (κ3) is 2.41. The van der Waals surface area contributed by atoms with Crippen LogP contribution >= 0.6 is 11.3 Å². The Kier molecular flexibility index (Phi) is 2.95. The Balaban J connectivity index is 2.34. The summed E-state index contributed by atoms with van der Waals surface area (Å²) in [5.74, 6) is 0.838. The van der Waals surface area contributed by atoms with Gasteiger partial charge in [0, 0.05) is 0 Å². The van der Waals surface area contributed by atoms with Crippen molar-refractivity contribution >= 4 is 21.4 Å². The first-order chi connectivity index (χ1) is 7.57. The van der Waals surface area contributed by atoms with Gasteiger partial charge < -0.3 is 4.74 Å². The van der Waals surface area contributed by atoms with Crippen LogP contribution in [0.3, 0.4) is 0 Å². The standard InChI is InChI=1S/C10H9NO3S2/c11-16(12,13)10-9(6-7-15-10)14-8-4-2-1-3-5-8/h1-7H,(H2,11,12,13). The van der Waals surface area contributed by atoms with Crippen molar-refractivity contribution < 1.29 is 13.2 Å². The minimum atomic E-state index is -3.72. The Morgan fingerprint density at radius 3 is 2.44 bits per heavy atom. The molecule has 0 aliphatic carbocycles. The molecular formula is C10H9NO3S2. The van der Waals surface area contributed by atoms with Gasteiger partial charge in [-0.15, -0.1) is 11.3 Å². The minimum absolute atomic E-state index is 0.0383. The Morgan fingerprint density at radius 2 is 1.81 bits per heavy atom. The van der Waals surface area contributed by atoms with Crippen LogP contribution in [0, 0.1) is 0 Å². The van der Waals surface area contributed by atoms with Gasteiger partial charge in [0.2, 0.25) is 0 Å². The van der Waals surface area contributed by atoms with E-state index in [1.165, 1.54) is 0 Å². The second kappa shape index (κ2) is 4.25. The lowest BCUT2D eigenvalue weighted by Crippen LogP contribution is -2.11. The second-order valence-corrected chi connectivity index (χ2v) is 5.71. The average molecular weight is 255 g/mol. The molecule has 2 N–H and O–H groups in total. The van der Waals surface area contributed by atoms with E-state index in [0.29, 0.717) is 5.75 Å². The number of hydrogen-bond donors (Lipinski definition) is 1.